The molecule has 0 aromatic heterocycles. The lowest BCUT2D eigenvalue weighted by Crippen LogP contribution is -2.09. The summed E-state index contributed by atoms with van der Waals surface area (Å²) >= 11 is 4.90. The van der Waals surface area contributed by atoms with Crippen molar-refractivity contribution in [3.8, 4) is 0 Å². The van der Waals surface area contributed by atoms with E-state index in [1.807, 2.05) is 0 Å². The summed E-state index contributed by atoms with van der Waals surface area (Å²) in [6.07, 6.45) is 0. The zero-order chi connectivity index (χ0) is 16.3. The van der Waals surface area contributed by atoms with Gasteiger partial charge in [-0.25, -0.2) is 0 Å². The average molecular weight is 387 g/mol. The fraction of sp³-hybridized carbons (Fsp3) is 0.250. The first-order valence-electron chi connectivity index (χ1n) is 4.80. The number of thioether (sulfide) groups is 1. The number of hydrogen-bond donors (Lipinski definition) is 0. The molecule has 0 spiro atoms. The quantitative estimate of drug-likeness (QED) is 0.320. The molecule has 0 fully saturated rings. The highest BCUT2D eigenvalue weighted by Gasteiger charge is 2.34. The van der Waals surface area contributed by atoms with Crippen molar-refractivity contribution in [2.45, 2.75) is 15.3 Å². The minimum absolute atomic E-state index is 0.509. The van der Waals surface area contributed by atoms with E-state index in [1.54, 1.807) is 0 Å². The molecule has 6 nitrogen and oxygen atoms in total. The Hall–Kier alpha value is -0.290. The van der Waals surface area contributed by atoms with Crippen LogP contribution in [0.25, 0.3) is 0 Å². The fourth-order valence-corrected chi connectivity index (χ4v) is 3.96. The Kier molecular flexibility index (Phi) is 6.54. The van der Waals surface area contributed by atoms with Crippen molar-refractivity contribution in [2.75, 3.05) is 7.11 Å². The standard InChI is InChI=1S/C8H7ClF3O6PS2/c1-16-19(13)17-18-21(14,15)7-5(9)3-2-4-6(7)20-8(10,11)12/h2-4,19H,1H3. The van der Waals surface area contributed by atoms with Crippen LogP contribution in [0.5, 0.6) is 0 Å². The minimum Gasteiger partial charge on any atom is -0.312 e. The molecule has 21 heavy (non-hydrogen) atoms. The maximum absolute atomic E-state index is 12.4. The van der Waals surface area contributed by atoms with Crippen molar-refractivity contribution in [3.63, 3.8) is 0 Å². The number of hydrogen-bond acceptors (Lipinski definition) is 7. The van der Waals surface area contributed by atoms with Gasteiger partial charge in [0, 0.05) is 12.0 Å². The molecule has 120 valence electrons. The maximum atomic E-state index is 12.4. The molecule has 0 radical (unpaired) electrons. The van der Waals surface area contributed by atoms with Gasteiger partial charge in [-0.3, -0.25) is 4.57 Å². The second-order valence-electron chi connectivity index (χ2n) is 3.17. The van der Waals surface area contributed by atoms with Gasteiger partial charge in [-0.1, -0.05) is 22.0 Å². The van der Waals surface area contributed by atoms with Gasteiger partial charge in [0.1, 0.15) is 4.90 Å². The summed E-state index contributed by atoms with van der Waals surface area (Å²) in [5.41, 5.74) is -4.74. The van der Waals surface area contributed by atoms with Crippen molar-refractivity contribution in [1.29, 1.82) is 0 Å². The van der Waals surface area contributed by atoms with E-state index in [4.69, 9.17) is 11.6 Å². The Morgan fingerprint density at radius 3 is 2.48 bits per heavy atom. The van der Waals surface area contributed by atoms with Gasteiger partial charge in [-0.2, -0.15) is 21.6 Å². The smallest absolute Gasteiger partial charge is 0.312 e. The number of benzene rings is 1. The largest absolute Gasteiger partial charge is 0.446 e. The molecule has 1 aromatic carbocycles. The van der Waals surface area contributed by atoms with Gasteiger partial charge in [0.25, 0.3) is 0 Å². The van der Waals surface area contributed by atoms with Crippen molar-refractivity contribution in [2.24, 2.45) is 0 Å². The third-order valence-corrected chi connectivity index (χ3v) is 4.97. The highest BCUT2D eigenvalue weighted by molar-refractivity contribution is 8.00. The molecule has 0 aliphatic heterocycles. The molecule has 0 N–H and O–H groups in total. The second kappa shape index (κ2) is 7.32. The molecule has 1 unspecified atom stereocenters. The zero-order valence-electron chi connectivity index (χ0n) is 10.0. The molecule has 0 amide bonds. The molecular formula is C8H7ClF3O6PS2. The maximum Gasteiger partial charge on any atom is 0.446 e. The molecule has 0 aliphatic rings. The lowest BCUT2D eigenvalue weighted by Gasteiger charge is -2.12. The van der Waals surface area contributed by atoms with Crippen molar-refractivity contribution in [3.05, 3.63) is 23.2 Å². The third kappa shape index (κ3) is 5.78. The first kappa shape index (κ1) is 18.8. The highest BCUT2D eigenvalue weighted by Crippen LogP contribution is 2.42. The second-order valence-corrected chi connectivity index (χ2v) is 7.22. The van der Waals surface area contributed by atoms with E-state index >= 15 is 0 Å². The van der Waals surface area contributed by atoms with Crippen LogP contribution in [0.2, 0.25) is 5.02 Å². The van der Waals surface area contributed by atoms with Crippen LogP contribution in [0, 0.1) is 0 Å². The van der Waals surface area contributed by atoms with Crippen LogP contribution >= 0.6 is 31.6 Å². The Morgan fingerprint density at radius 2 is 1.95 bits per heavy atom. The van der Waals surface area contributed by atoms with Gasteiger partial charge in [-0.15, -0.1) is 4.67 Å². The first-order chi connectivity index (χ1) is 9.57. The van der Waals surface area contributed by atoms with Crippen LogP contribution in [0.4, 0.5) is 13.2 Å². The third-order valence-electron chi connectivity index (χ3n) is 1.76. The zero-order valence-corrected chi connectivity index (χ0v) is 13.4. The lowest BCUT2D eigenvalue weighted by atomic mass is 10.4. The van der Waals surface area contributed by atoms with Crippen LogP contribution < -0.4 is 0 Å². The van der Waals surface area contributed by atoms with Crippen LogP contribution in [-0.2, 0) is 28.2 Å². The molecule has 0 aliphatic carbocycles. The summed E-state index contributed by atoms with van der Waals surface area (Å²) in [7, 11) is -7.12. The molecule has 0 bridgehead atoms. The molecule has 0 heterocycles. The van der Waals surface area contributed by atoms with E-state index < -0.39 is 50.5 Å². The monoisotopic (exact) mass is 386 g/mol. The Balaban J connectivity index is 3.18. The van der Waals surface area contributed by atoms with Crippen molar-refractivity contribution < 1.29 is 39.7 Å². The number of halogens is 4. The van der Waals surface area contributed by atoms with E-state index in [0.717, 1.165) is 25.3 Å². The summed E-state index contributed by atoms with van der Waals surface area (Å²) in [4.78, 5) is -1.66. The van der Waals surface area contributed by atoms with Crippen LogP contribution in [-0.4, -0.2) is 21.0 Å². The SMILES string of the molecule is CO[PH](=O)OOS(=O)(=O)c1c(Cl)cccc1SC(F)(F)F. The van der Waals surface area contributed by atoms with E-state index in [1.165, 1.54) is 0 Å². The lowest BCUT2D eigenvalue weighted by molar-refractivity contribution is -0.0963. The van der Waals surface area contributed by atoms with Gasteiger partial charge in [-0.05, 0) is 23.9 Å². The van der Waals surface area contributed by atoms with Crippen LogP contribution in [0.15, 0.2) is 28.0 Å². The molecule has 1 rings (SSSR count). The summed E-state index contributed by atoms with van der Waals surface area (Å²) in [5, 5.41) is -0.509. The molecule has 1 aromatic rings. The van der Waals surface area contributed by atoms with E-state index in [-0.39, 0.29) is 0 Å². The summed E-state index contributed by atoms with van der Waals surface area (Å²) in [6.45, 7) is 0. The van der Waals surface area contributed by atoms with Gasteiger partial charge < -0.3 is 4.52 Å². The fourth-order valence-electron chi connectivity index (χ4n) is 1.08. The van der Waals surface area contributed by atoms with Gasteiger partial charge in [0.05, 0.1) is 5.02 Å². The predicted octanol–water partition coefficient (Wildman–Crippen LogP) is 3.62. The highest BCUT2D eigenvalue weighted by atomic mass is 35.5. The van der Waals surface area contributed by atoms with Crippen LogP contribution in [0.1, 0.15) is 0 Å². The van der Waals surface area contributed by atoms with Crippen molar-refractivity contribution in [1.82, 2.24) is 0 Å². The number of rotatable bonds is 6. The summed E-state index contributed by atoms with van der Waals surface area (Å²) < 4.78 is 83.6. The van der Waals surface area contributed by atoms with E-state index in [0.29, 0.717) is 0 Å². The Morgan fingerprint density at radius 1 is 1.33 bits per heavy atom. The van der Waals surface area contributed by atoms with E-state index in [9.17, 15) is 26.2 Å². The van der Waals surface area contributed by atoms with Gasteiger partial charge >= 0.3 is 23.9 Å². The molecule has 1 atom stereocenters. The first-order valence-corrected chi connectivity index (χ1v) is 8.63. The molecular weight excluding hydrogens is 380 g/mol. The number of alkyl halides is 3. The molecule has 0 saturated carbocycles. The van der Waals surface area contributed by atoms with Crippen molar-refractivity contribution >= 4 is 41.7 Å². The Labute approximate surface area is 127 Å². The minimum atomic E-state index is -4.83. The molecule has 13 heteroatoms. The average Bonchev–Trinajstić information content (AvgIpc) is 2.33. The van der Waals surface area contributed by atoms with Gasteiger partial charge in [0.15, 0.2) is 0 Å². The normalized spacial score (nSPS) is 14.1. The topological polar surface area (TPSA) is 78.9 Å². The van der Waals surface area contributed by atoms with E-state index in [2.05, 4.69) is 13.5 Å². The predicted molar refractivity (Wildman–Crippen MR) is 68.7 cm³/mol. The van der Waals surface area contributed by atoms with Gasteiger partial charge in [0.2, 0.25) is 0 Å². The summed E-state index contributed by atoms with van der Waals surface area (Å²) in [5.74, 6) is 0. The Bertz CT molecular complexity index is 635. The summed E-state index contributed by atoms with van der Waals surface area (Å²) in [6, 6.07) is 3.07. The van der Waals surface area contributed by atoms with Crippen LogP contribution in [0.3, 0.4) is 0 Å². The molecule has 0 saturated heterocycles.